The molecule has 0 aromatic heterocycles. The van der Waals surface area contributed by atoms with Crippen molar-refractivity contribution >= 4 is 23.4 Å². The lowest BCUT2D eigenvalue weighted by atomic mass is 10.1. The Kier molecular flexibility index (Phi) is 6.62. The summed E-state index contributed by atoms with van der Waals surface area (Å²) < 4.78 is 5.40. The van der Waals surface area contributed by atoms with Gasteiger partial charge in [0.2, 0.25) is 5.91 Å². The largest absolute Gasteiger partial charge is 0.379 e. The van der Waals surface area contributed by atoms with Crippen molar-refractivity contribution in [3.63, 3.8) is 0 Å². The Labute approximate surface area is 155 Å². The summed E-state index contributed by atoms with van der Waals surface area (Å²) in [5.74, 6) is 0.849. The average molecular weight is 364 g/mol. The number of amides is 1. The number of hydrogen-bond acceptors (Lipinski definition) is 5. The summed E-state index contributed by atoms with van der Waals surface area (Å²) in [4.78, 5) is 19.1. The quantitative estimate of drug-likeness (QED) is 0.744. The fourth-order valence-electron chi connectivity index (χ4n) is 3.48. The molecule has 1 amide bonds. The zero-order valence-corrected chi connectivity index (χ0v) is 16.1. The highest BCUT2D eigenvalue weighted by Crippen LogP contribution is 2.38. The lowest BCUT2D eigenvalue weighted by molar-refractivity contribution is -0.128. The molecule has 2 fully saturated rings. The summed E-state index contributed by atoms with van der Waals surface area (Å²) in [6.45, 7) is 11.7. The van der Waals surface area contributed by atoms with Gasteiger partial charge < -0.3 is 14.5 Å². The van der Waals surface area contributed by atoms with Gasteiger partial charge in [-0.15, -0.1) is 11.8 Å². The Bertz CT molecular complexity index is 556. The lowest BCUT2D eigenvalue weighted by Crippen LogP contribution is -2.42. The number of nitrogens with zero attached hydrogens (tertiary/aromatic N) is 3. The van der Waals surface area contributed by atoms with E-state index in [0.717, 1.165) is 52.5 Å². The Morgan fingerprint density at radius 3 is 2.44 bits per heavy atom. The van der Waals surface area contributed by atoms with Crippen molar-refractivity contribution in [3.8, 4) is 0 Å². The summed E-state index contributed by atoms with van der Waals surface area (Å²) in [5, 5.41) is 0.152. The maximum Gasteiger partial charge on any atom is 0.233 e. The van der Waals surface area contributed by atoms with Crippen LogP contribution < -0.4 is 4.90 Å². The number of rotatable bonds is 7. The Hall–Kier alpha value is -1.24. The number of ether oxygens (including phenoxy) is 1. The monoisotopic (exact) mass is 363 g/mol. The summed E-state index contributed by atoms with van der Waals surface area (Å²) in [7, 11) is 0. The van der Waals surface area contributed by atoms with Crippen LogP contribution >= 0.6 is 11.8 Å². The zero-order valence-electron chi connectivity index (χ0n) is 15.3. The summed E-state index contributed by atoms with van der Waals surface area (Å²) in [5.41, 5.74) is 2.48. The van der Waals surface area contributed by atoms with E-state index < -0.39 is 0 Å². The van der Waals surface area contributed by atoms with Crippen molar-refractivity contribution in [2.75, 3.05) is 63.1 Å². The predicted molar refractivity (Wildman–Crippen MR) is 104 cm³/mol. The van der Waals surface area contributed by atoms with Crippen LogP contribution in [-0.2, 0) is 9.53 Å². The van der Waals surface area contributed by atoms with Crippen molar-refractivity contribution in [1.29, 1.82) is 0 Å². The minimum absolute atomic E-state index is 0.152. The van der Waals surface area contributed by atoms with Crippen LogP contribution in [0, 0.1) is 0 Å². The van der Waals surface area contributed by atoms with E-state index in [2.05, 4.69) is 47.9 Å². The second kappa shape index (κ2) is 8.92. The van der Waals surface area contributed by atoms with E-state index in [0.29, 0.717) is 5.75 Å². The third-order valence-electron chi connectivity index (χ3n) is 5.04. The van der Waals surface area contributed by atoms with Crippen molar-refractivity contribution < 1.29 is 9.53 Å². The van der Waals surface area contributed by atoms with E-state index in [1.807, 2.05) is 4.90 Å². The van der Waals surface area contributed by atoms with E-state index in [-0.39, 0.29) is 11.3 Å². The van der Waals surface area contributed by atoms with Crippen molar-refractivity contribution in [3.05, 3.63) is 29.8 Å². The van der Waals surface area contributed by atoms with Gasteiger partial charge >= 0.3 is 0 Å². The maximum absolute atomic E-state index is 12.4. The molecule has 0 bridgehead atoms. The molecule has 2 saturated heterocycles. The molecule has 2 aliphatic rings. The zero-order chi connectivity index (χ0) is 17.6. The number of hydrogen-bond donors (Lipinski definition) is 0. The fourth-order valence-corrected chi connectivity index (χ4v) is 4.70. The highest BCUT2D eigenvalue weighted by molar-refractivity contribution is 8.00. The van der Waals surface area contributed by atoms with Crippen LogP contribution in [-0.4, -0.2) is 73.9 Å². The first-order valence-electron chi connectivity index (χ1n) is 9.29. The third-order valence-corrected chi connectivity index (χ3v) is 6.29. The maximum atomic E-state index is 12.4. The smallest absolute Gasteiger partial charge is 0.233 e. The molecule has 1 aromatic carbocycles. The summed E-state index contributed by atoms with van der Waals surface area (Å²) >= 11 is 1.74. The second-order valence-electron chi connectivity index (χ2n) is 6.47. The standard InChI is InChI=1S/C19H29N3O2S/c1-3-21(4-2)17-7-5-16(6-8-17)19-22(18(23)15-25-19)10-9-20-11-13-24-14-12-20/h5-8,19H,3-4,9-15H2,1-2H3. The van der Waals surface area contributed by atoms with Crippen molar-refractivity contribution in [1.82, 2.24) is 9.80 Å². The van der Waals surface area contributed by atoms with Gasteiger partial charge in [-0.05, 0) is 31.5 Å². The van der Waals surface area contributed by atoms with Crippen LogP contribution in [0.4, 0.5) is 5.69 Å². The molecule has 2 heterocycles. The summed E-state index contributed by atoms with van der Waals surface area (Å²) in [6, 6.07) is 8.75. The van der Waals surface area contributed by atoms with E-state index in [9.17, 15) is 4.79 Å². The first-order valence-corrected chi connectivity index (χ1v) is 10.3. The molecule has 6 heteroatoms. The number of morpholine rings is 1. The average Bonchev–Trinajstić information content (AvgIpc) is 3.03. The molecule has 138 valence electrons. The van der Waals surface area contributed by atoms with Crippen LogP contribution in [0.5, 0.6) is 0 Å². The molecule has 3 rings (SSSR count). The van der Waals surface area contributed by atoms with Crippen LogP contribution in [0.1, 0.15) is 24.8 Å². The minimum Gasteiger partial charge on any atom is -0.379 e. The molecule has 25 heavy (non-hydrogen) atoms. The second-order valence-corrected chi connectivity index (χ2v) is 7.54. The number of carbonyl (C=O) groups is 1. The molecular formula is C19H29N3O2S. The highest BCUT2D eigenvalue weighted by Gasteiger charge is 2.32. The molecule has 1 aromatic rings. The highest BCUT2D eigenvalue weighted by atomic mass is 32.2. The first kappa shape index (κ1) is 18.5. The number of benzene rings is 1. The van der Waals surface area contributed by atoms with Gasteiger partial charge in [0.05, 0.1) is 19.0 Å². The normalized spacial score (nSPS) is 21.8. The molecule has 1 unspecified atom stereocenters. The van der Waals surface area contributed by atoms with Gasteiger partial charge in [-0.1, -0.05) is 12.1 Å². The molecule has 0 radical (unpaired) electrons. The van der Waals surface area contributed by atoms with Crippen LogP contribution in [0.3, 0.4) is 0 Å². The topological polar surface area (TPSA) is 36.0 Å². The molecule has 5 nitrogen and oxygen atoms in total. The lowest BCUT2D eigenvalue weighted by Gasteiger charge is -2.31. The van der Waals surface area contributed by atoms with Gasteiger partial charge in [0.15, 0.2) is 0 Å². The van der Waals surface area contributed by atoms with Gasteiger partial charge in [0.1, 0.15) is 5.37 Å². The number of anilines is 1. The van der Waals surface area contributed by atoms with Gasteiger partial charge in [-0.3, -0.25) is 9.69 Å². The molecule has 1 atom stereocenters. The molecule has 2 aliphatic heterocycles. The Morgan fingerprint density at radius 1 is 1.12 bits per heavy atom. The third kappa shape index (κ3) is 4.49. The van der Waals surface area contributed by atoms with E-state index in [4.69, 9.17) is 4.74 Å². The molecular weight excluding hydrogens is 334 g/mol. The van der Waals surface area contributed by atoms with Crippen LogP contribution in [0.2, 0.25) is 0 Å². The molecule has 0 aliphatic carbocycles. The van der Waals surface area contributed by atoms with E-state index >= 15 is 0 Å². The van der Waals surface area contributed by atoms with Crippen LogP contribution in [0.25, 0.3) is 0 Å². The Balaban J connectivity index is 1.64. The van der Waals surface area contributed by atoms with Gasteiger partial charge in [0.25, 0.3) is 0 Å². The van der Waals surface area contributed by atoms with Gasteiger partial charge in [-0.25, -0.2) is 0 Å². The Morgan fingerprint density at radius 2 is 1.80 bits per heavy atom. The van der Waals surface area contributed by atoms with Crippen molar-refractivity contribution in [2.24, 2.45) is 0 Å². The van der Waals surface area contributed by atoms with Crippen molar-refractivity contribution in [2.45, 2.75) is 19.2 Å². The van der Waals surface area contributed by atoms with Crippen LogP contribution in [0.15, 0.2) is 24.3 Å². The van der Waals surface area contributed by atoms with Gasteiger partial charge in [-0.2, -0.15) is 0 Å². The fraction of sp³-hybridized carbons (Fsp3) is 0.632. The van der Waals surface area contributed by atoms with E-state index in [1.165, 1.54) is 11.3 Å². The first-order chi connectivity index (χ1) is 12.2. The molecule has 0 saturated carbocycles. The minimum atomic E-state index is 0.152. The van der Waals surface area contributed by atoms with E-state index in [1.54, 1.807) is 11.8 Å². The number of thioether (sulfide) groups is 1. The van der Waals surface area contributed by atoms with Gasteiger partial charge in [0, 0.05) is 45.0 Å². The molecule has 0 spiro atoms. The molecule has 0 N–H and O–H groups in total. The summed E-state index contributed by atoms with van der Waals surface area (Å²) in [6.07, 6.45) is 0. The SMILES string of the molecule is CCN(CC)c1ccc(C2SCC(=O)N2CCN2CCOCC2)cc1. The predicted octanol–water partition coefficient (Wildman–Crippen LogP) is 2.44. The number of carbonyl (C=O) groups excluding carboxylic acids is 1.